The van der Waals surface area contributed by atoms with E-state index in [0.29, 0.717) is 23.6 Å². The van der Waals surface area contributed by atoms with Crippen LogP contribution in [0, 0.1) is 11.3 Å². The molecule has 0 aliphatic carbocycles. The van der Waals surface area contributed by atoms with E-state index in [1.54, 1.807) is 19.2 Å². The zero-order chi connectivity index (χ0) is 26.6. The predicted molar refractivity (Wildman–Crippen MR) is 150 cm³/mol. The second-order valence-electron chi connectivity index (χ2n) is 8.75. The number of nitriles is 1. The van der Waals surface area contributed by atoms with Crippen LogP contribution in [-0.2, 0) is 4.74 Å². The van der Waals surface area contributed by atoms with Gasteiger partial charge >= 0.3 is 6.09 Å². The number of nitrogens with one attached hydrogen (secondary N) is 2. The summed E-state index contributed by atoms with van der Waals surface area (Å²) in [6, 6.07) is 15.4. The zero-order valence-electron chi connectivity index (χ0n) is 22.0. The molecule has 0 saturated carbocycles. The Labute approximate surface area is 219 Å². The highest BCUT2D eigenvalue weighted by atomic mass is 16.5. The SMILES string of the molecule is C=Cn1c(-c2cccc(NC(=O)OCC)c2)c(C#N)c2ccc(OCCCNCCN(C)CCC)cc21. The topological polar surface area (TPSA) is 91.6 Å². The Morgan fingerprint density at radius 1 is 1.19 bits per heavy atom. The molecule has 0 bridgehead atoms. The van der Waals surface area contributed by atoms with Crippen LogP contribution < -0.4 is 15.4 Å². The molecule has 37 heavy (non-hydrogen) atoms. The summed E-state index contributed by atoms with van der Waals surface area (Å²) in [4.78, 5) is 14.2. The van der Waals surface area contributed by atoms with Crippen molar-refractivity contribution in [1.29, 1.82) is 5.26 Å². The number of hydrogen-bond acceptors (Lipinski definition) is 6. The number of carbonyl (C=O) groups is 1. The summed E-state index contributed by atoms with van der Waals surface area (Å²) in [5, 5.41) is 17.0. The number of rotatable bonds is 14. The molecule has 0 aliphatic heterocycles. The van der Waals surface area contributed by atoms with E-state index >= 15 is 0 Å². The Kier molecular flexibility index (Phi) is 10.6. The Hall–Kier alpha value is -3.80. The van der Waals surface area contributed by atoms with Crippen molar-refractivity contribution in [3.05, 3.63) is 54.6 Å². The summed E-state index contributed by atoms with van der Waals surface area (Å²) in [5.74, 6) is 0.740. The van der Waals surface area contributed by atoms with E-state index < -0.39 is 6.09 Å². The Morgan fingerprint density at radius 3 is 2.76 bits per heavy atom. The van der Waals surface area contributed by atoms with E-state index in [0.717, 1.165) is 54.8 Å². The van der Waals surface area contributed by atoms with Crippen LogP contribution >= 0.6 is 0 Å². The first-order valence-electron chi connectivity index (χ1n) is 12.8. The molecule has 196 valence electrons. The third-order valence-electron chi connectivity index (χ3n) is 5.97. The molecule has 0 saturated heterocycles. The van der Waals surface area contributed by atoms with Crippen molar-refractivity contribution in [3.63, 3.8) is 0 Å². The lowest BCUT2D eigenvalue weighted by atomic mass is 10.1. The van der Waals surface area contributed by atoms with E-state index in [9.17, 15) is 10.1 Å². The zero-order valence-corrected chi connectivity index (χ0v) is 22.0. The van der Waals surface area contributed by atoms with Crippen LogP contribution in [0.3, 0.4) is 0 Å². The molecule has 1 aromatic heterocycles. The minimum absolute atomic E-state index is 0.284. The molecule has 3 rings (SSSR count). The molecule has 3 aromatic rings. The van der Waals surface area contributed by atoms with Crippen molar-refractivity contribution in [3.8, 4) is 23.1 Å². The van der Waals surface area contributed by atoms with E-state index in [1.165, 1.54) is 6.42 Å². The van der Waals surface area contributed by atoms with Crippen molar-refractivity contribution >= 4 is 28.9 Å². The fraction of sp³-hybridized carbons (Fsp3) is 0.379. The highest BCUT2D eigenvalue weighted by Gasteiger charge is 2.19. The monoisotopic (exact) mass is 503 g/mol. The molecular weight excluding hydrogens is 466 g/mol. The standard InChI is InChI=1S/C29H37N5O3/c1-5-16-33(4)17-15-31-14-9-18-37-24-12-13-25-26(21-30)28(34(6-2)27(25)20-24)22-10-8-11-23(19-22)32-29(35)36-7-3/h6,8,10-13,19-20,31H,2,5,7,9,14-18H2,1,3-4H3,(H,32,35). The summed E-state index contributed by atoms with van der Waals surface area (Å²) in [7, 11) is 2.14. The van der Waals surface area contributed by atoms with Crippen molar-refractivity contribution in [2.45, 2.75) is 26.7 Å². The first kappa shape index (κ1) is 27.8. The van der Waals surface area contributed by atoms with Crippen LogP contribution in [0.1, 0.15) is 32.3 Å². The number of likely N-dealkylation sites (N-methyl/N-ethyl adjacent to an activating group) is 1. The smallest absolute Gasteiger partial charge is 0.411 e. The molecule has 2 aromatic carbocycles. The lowest BCUT2D eigenvalue weighted by Gasteiger charge is -2.15. The van der Waals surface area contributed by atoms with Gasteiger partial charge in [0.25, 0.3) is 0 Å². The molecule has 2 N–H and O–H groups in total. The quantitative estimate of drug-likeness (QED) is 0.280. The number of carbonyl (C=O) groups excluding carboxylic acids is 1. The van der Waals surface area contributed by atoms with Gasteiger partial charge in [-0.3, -0.25) is 5.32 Å². The lowest BCUT2D eigenvalue weighted by molar-refractivity contribution is 0.168. The molecule has 8 heteroatoms. The third kappa shape index (κ3) is 7.35. The van der Waals surface area contributed by atoms with E-state index in [1.807, 2.05) is 41.0 Å². The number of fused-ring (bicyclic) bond motifs is 1. The van der Waals surface area contributed by atoms with Crippen LogP contribution in [0.5, 0.6) is 5.75 Å². The van der Waals surface area contributed by atoms with Gasteiger partial charge in [0.05, 0.1) is 30.0 Å². The molecular formula is C29H37N5O3. The van der Waals surface area contributed by atoms with Gasteiger partial charge in [-0.1, -0.05) is 25.6 Å². The van der Waals surface area contributed by atoms with Crippen LogP contribution in [0.15, 0.2) is 49.0 Å². The third-order valence-corrected chi connectivity index (χ3v) is 5.97. The highest BCUT2D eigenvalue weighted by Crippen LogP contribution is 2.36. The van der Waals surface area contributed by atoms with Crippen LogP contribution in [0.4, 0.5) is 10.5 Å². The Bertz CT molecular complexity index is 1240. The summed E-state index contributed by atoms with van der Waals surface area (Å²) in [5.41, 5.74) is 3.43. The number of amides is 1. The molecule has 0 fully saturated rings. The fourth-order valence-electron chi connectivity index (χ4n) is 4.27. The maximum atomic E-state index is 11.9. The molecule has 0 unspecified atom stereocenters. The second kappa shape index (κ2) is 14.1. The first-order chi connectivity index (χ1) is 18.0. The van der Waals surface area contributed by atoms with Crippen molar-refractivity contribution in [1.82, 2.24) is 14.8 Å². The van der Waals surface area contributed by atoms with Crippen molar-refractivity contribution in [2.24, 2.45) is 0 Å². The number of anilines is 1. The molecule has 1 heterocycles. The van der Waals surface area contributed by atoms with Gasteiger partial charge < -0.3 is 24.3 Å². The summed E-state index contributed by atoms with van der Waals surface area (Å²) >= 11 is 0. The Balaban J connectivity index is 1.73. The number of hydrogen-bond donors (Lipinski definition) is 2. The van der Waals surface area contributed by atoms with Gasteiger partial charge in [-0.05, 0) is 64.2 Å². The average molecular weight is 504 g/mol. The number of nitrogens with zero attached hydrogens (tertiary/aromatic N) is 3. The van der Waals surface area contributed by atoms with Crippen LogP contribution in [-0.4, -0.2) is 62.0 Å². The van der Waals surface area contributed by atoms with E-state index in [4.69, 9.17) is 9.47 Å². The lowest BCUT2D eigenvalue weighted by Crippen LogP contribution is -2.30. The second-order valence-corrected chi connectivity index (χ2v) is 8.75. The highest BCUT2D eigenvalue weighted by molar-refractivity contribution is 5.97. The number of ether oxygens (including phenoxy) is 2. The maximum absolute atomic E-state index is 11.9. The van der Waals surface area contributed by atoms with Gasteiger partial charge in [0, 0.05) is 42.0 Å². The minimum Gasteiger partial charge on any atom is -0.493 e. The first-order valence-corrected chi connectivity index (χ1v) is 12.8. The van der Waals surface area contributed by atoms with E-state index in [-0.39, 0.29) is 6.61 Å². The fourth-order valence-corrected chi connectivity index (χ4v) is 4.27. The molecule has 8 nitrogen and oxygen atoms in total. The van der Waals surface area contributed by atoms with E-state index in [2.05, 4.69) is 42.2 Å². The normalized spacial score (nSPS) is 10.9. The molecule has 0 aliphatic rings. The molecule has 1 amide bonds. The number of aromatic nitrogens is 1. The van der Waals surface area contributed by atoms with Crippen LogP contribution in [0.25, 0.3) is 28.4 Å². The molecule has 0 spiro atoms. The molecule has 0 radical (unpaired) electrons. The minimum atomic E-state index is -0.523. The number of benzene rings is 2. The van der Waals surface area contributed by atoms with Gasteiger partial charge in [-0.15, -0.1) is 0 Å². The van der Waals surface area contributed by atoms with Gasteiger partial charge in [0.1, 0.15) is 11.8 Å². The van der Waals surface area contributed by atoms with Crippen LogP contribution in [0.2, 0.25) is 0 Å². The van der Waals surface area contributed by atoms with Gasteiger partial charge in [0.2, 0.25) is 0 Å². The van der Waals surface area contributed by atoms with Crippen molar-refractivity contribution in [2.75, 3.05) is 51.8 Å². The maximum Gasteiger partial charge on any atom is 0.411 e. The van der Waals surface area contributed by atoms with Gasteiger partial charge in [-0.25, -0.2) is 4.79 Å². The largest absolute Gasteiger partial charge is 0.493 e. The predicted octanol–water partition coefficient (Wildman–Crippen LogP) is 5.55. The van der Waals surface area contributed by atoms with Gasteiger partial charge in [0.15, 0.2) is 0 Å². The summed E-state index contributed by atoms with van der Waals surface area (Å²) in [6.07, 6.45) is 3.23. The molecule has 0 atom stereocenters. The van der Waals surface area contributed by atoms with Crippen molar-refractivity contribution < 1.29 is 14.3 Å². The summed E-state index contributed by atoms with van der Waals surface area (Å²) < 4.78 is 12.9. The van der Waals surface area contributed by atoms with Gasteiger partial charge in [-0.2, -0.15) is 5.26 Å². The average Bonchev–Trinajstić information content (AvgIpc) is 3.21. The Morgan fingerprint density at radius 2 is 2.03 bits per heavy atom. The summed E-state index contributed by atoms with van der Waals surface area (Å²) in [6.45, 7) is 12.8.